The third-order valence-corrected chi connectivity index (χ3v) is 3.99. The van der Waals surface area contributed by atoms with Crippen LogP contribution >= 0.6 is 0 Å². The molecule has 10 heteroatoms. The van der Waals surface area contributed by atoms with Gasteiger partial charge in [0.1, 0.15) is 54.9 Å². The first-order valence-corrected chi connectivity index (χ1v) is 6.82. The van der Waals surface area contributed by atoms with E-state index in [4.69, 9.17) is 19.7 Å². The van der Waals surface area contributed by atoms with Crippen molar-refractivity contribution >= 4 is 0 Å². The van der Waals surface area contributed by atoms with Crippen LogP contribution < -0.4 is 0 Å². The number of aliphatic hydroxyl groups is 8. The van der Waals surface area contributed by atoms with E-state index < -0.39 is 74.3 Å². The fourth-order valence-electron chi connectivity index (χ4n) is 2.61. The normalized spacial score (nSPS) is 51.0. The summed E-state index contributed by atoms with van der Waals surface area (Å²) in [4.78, 5) is 0. The largest absolute Gasteiger partial charge is 0.394 e. The predicted molar refractivity (Wildman–Crippen MR) is 67.0 cm³/mol. The van der Waals surface area contributed by atoms with E-state index in [1.54, 1.807) is 0 Å². The molecule has 2 fully saturated rings. The highest BCUT2D eigenvalue weighted by Gasteiger charge is 2.54. The molecule has 2 aliphatic heterocycles. The van der Waals surface area contributed by atoms with Crippen LogP contribution in [-0.4, -0.2) is 109 Å². The molecule has 129 valence electrons. The van der Waals surface area contributed by atoms with Gasteiger partial charge in [-0.1, -0.05) is 0 Å². The van der Waals surface area contributed by atoms with Gasteiger partial charge in [0, 0.05) is 0 Å². The molecular formula is C12H21O10. The highest BCUT2D eigenvalue weighted by molar-refractivity contribution is 5.11. The Balaban J connectivity index is 2.21. The van der Waals surface area contributed by atoms with Crippen LogP contribution in [0, 0.1) is 6.10 Å². The molecule has 0 aromatic rings. The van der Waals surface area contributed by atoms with Gasteiger partial charge in [0.05, 0.1) is 13.2 Å². The Hall–Kier alpha value is -0.400. The zero-order valence-electron chi connectivity index (χ0n) is 11.5. The standard InChI is InChI=1S/C12H21O10/c13-1-3-5(15)7(17)9(19)11(21-3)12-10(20)8(18)6(16)4(2-14)22-12/h3-11,13-20H,1-2H2/t3-,4-,5-,6-,7+,8+,9+,10+,11?/m1/s1. The van der Waals surface area contributed by atoms with Crippen molar-refractivity contribution in [2.24, 2.45) is 0 Å². The molecule has 0 saturated carbocycles. The molecule has 2 heterocycles. The van der Waals surface area contributed by atoms with Crippen molar-refractivity contribution in [1.29, 1.82) is 0 Å². The van der Waals surface area contributed by atoms with E-state index in [-0.39, 0.29) is 0 Å². The lowest BCUT2D eigenvalue weighted by atomic mass is 9.86. The molecule has 1 radical (unpaired) electrons. The van der Waals surface area contributed by atoms with Crippen molar-refractivity contribution in [3.05, 3.63) is 6.10 Å². The van der Waals surface area contributed by atoms with E-state index >= 15 is 0 Å². The van der Waals surface area contributed by atoms with Crippen molar-refractivity contribution in [2.75, 3.05) is 13.2 Å². The van der Waals surface area contributed by atoms with Gasteiger partial charge in [-0.05, 0) is 0 Å². The fourth-order valence-corrected chi connectivity index (χ4v) is 2.61. The quantitative estimate of drug-likeness (QED) is 0.250. The summed E-state index contributed by atoms with van der Waals surface area (Å²) in [5, 5.41) is 77.0. The van der Waals surface area contributed by atoms with E-state index in [1.807, 2.05) is 0 Å². The summed E-state index contributed by atoms with van der Waals surface area (Å²) in [6.07, 6.45) is -14.3. The fraction of sp³-hybridized carbons (Fsp3) is 0.917. The van der Waals surface area contributed by atoms with Gasteiger partial charge in [-0.2, -0.15) is 0 Å². The first kappa shape index (κ1) is 17.9. The zero-order chi connectivity index (χ0) is 16.6. The van der Waals surface area contributed by atoms with Crippen LogP contribution in [0.3, 0.4) is 0 Å². The van der Waals surface area contributed by atoms with E-state index in [1.165, 1.54) is 0 Å². The molecule has 0 aromatic heterocycles. The average Bonchev–Trinajstić information content (AvgIpc) is 2.52. The van der Waals surface area contributed by atoms with Gasteiger partial charge in [-0.3, -0.25) is 0 Å². The Labute approximate surface area is 125 Å². The maximum Gasteiger partial charge on any atom is 0.160 e. The third kappa shape index (κ3) is 2.99. The van der Waals surface area contributed by atoms with Gasteiger partial charge in [-0.15, -0.1) is 0 Å². The molecule has 0 aromatic carbocycles. The van der Waals surface area contributed by atoms with Crippen LogP contribution in [0.4, 0.5) is 0 Å². The Morgan fingerprint density at radius 2 is 1.23 bits per heavy atom. The maximum atomic E-state index is 9.97. The van der Waals surface area contributed by atoms with Crippen LogP contribution in [0.1, 0.15) is 0 Å². The third-order valence-electron chi connectivity index (χ3n) is 3.99. The number of hydrogen-bond donors (Lipinski definition) is 8. The van der Waals surface area contributed by atoms with E-state index in [2.05, 4.69) is 0 Å². The van der Waals surface area contributed by atoms with Crippen LogP contribution in [0.2, 0.25) is 0 Å². The monoisotopic (exact) mass is 325 g/mol. The van der Waals surface area contributed by atoms with Gasteiger partial charge in [-0.25, -0.2) is 0 Å². The smallest absolute Gasteiger partial charge is 0.160 e. The van der Waals surface area contributed by atoms with Crippen molar-refractivity contribution < 1.29 is 50.3 Å². The Bertz CT molecular complexity index is 330. The molecule has 1 unspecified atom stereocenters. The summed E-state index contributed by atoms with van der Waals surface area (Å²) in [7, 11) is 0. The molecule has 0 spiro atoms. The number of hydrogen-bond acceptors (Lipinski definition) is 10. The summed E-state index contributed by atoms with van der Waals surface area (Å²) in [5.74, 6) is 0. The molecule has 0 aliphatic carbocycles. The van der Waals surface area contributed by atoms with Crippen molar-refractivity contribution in [2.45, 2.75) is 54.9 Å². The zero-order valence-corrected chi connectivity index (χ0v) is 11.5. The minimum atomic E-state index is -1.75. The molecular weight excluding hydrogens is 304 g/mol. The van der Waals surface area contributed by atoms with Gasteiger partial charge in [0.15, 0.2) is 6.10 Å². The molecule has 22 heavy (non-hydrogen) atoms. The van der Waals surface area contributed by atoms with Gasteiger partial charge < -0.3 is 50.3 Å². The lowest BCUT2D eigenvalue weighted by Gasteiger charge is -2.47. The van der Waals surface area contributed by atoms with Crippen molar-refractivity contribution in [3.63, 3.8) is 0 Å². The maximum absolute atomic E-state index is 9.97. The molecule has 0 amide bonds. The highest BCUT2D eigenvalue weighted by atomic mass is 16.6. The van der Waals surface area contributed by atoms with Crippen molar-refractivity contribution in [3.8, 4) is 0 Å². The number of ether oxygens (including phenoxy) is 2. The van der Waals surface area contributed by atoms with E-state index in [9.17, 15) is 30.6 Å². The Morgan fingerprint density at radius 1 is 0.682 bits per heavy atom. The average molecular weight is 325 g/mol. The second-order valence-electron chi connectivity index (χ2n) is 5.42. The minimum Gasteiger partial charge on any atom is -0.394 e. The second-order valence-corrected chi connectivity index (χ2v) is 5.42. The highest BCUT2D eigenvalue weighted by Crippen LogP contribution is 2.35. The topological polar surface area (TPSA) is 180 Å². The molecule has 9 atom stereocenters. The van der Waals surface area contributed by atoms with Crippen LogP contribution in [-0.2, 0) is 9.47 Å². The van der Waals surface area contributed by atoms with Crippen molar-refractivity contribution in [1.82, 2.24) is 0 Å². The lowest BCUT2D eigenvalue weighted by Crippen LogP contribution is -2.65. The second kappa shape index (κ2) is 7.01. The Kier molecular flexibility index (Phi) is 5.72. The molecule has 8 N–H and O–H groups in total. The number of aliphatic hydroxyl groups excluding tert-OH is 8. The first-order chi connectivity index (χ1) is 10.3. The van der Waals surface area contributed by atoms with Gasteiger partial charge in [0.25, 0.3) is 0 Å². The van der Waals surface area contributed by atoms with Gasteiger partial charge in [0.2, 0.25) is 0 Å². The summed E-state index contributed by atoms with van der Waals surface area (Å²) >= 11 is 0. The SMILES string of the molecule is OC[C@H]1O[C](C2O[C@H](CO)[C@@H](O)[C@H](O)[C@@H]2O)[C@@H](O)[C@@H](O)[C@@H]1O. The molecule has 2 rings (SSSR count). The van der Waals surface area contributed by atoms with E-state index in [0.717, 1.165) is 0 Å². The molecule has 0 bridgehead atoms. The first-order valence-electron chi connectivity index (χ1n) is 6.82. The van der Waals surface area contributed by atoms with Crippen LogP contribution in [0.5, 0.6) is 0 Å². The van der Waals surface area contributed by atoms with Crippen LogP contribution in [0.15, 0.2) is 0 Å². The van der Waals surface area contributed by atoms with Crippen LogP contribution in [0.25, 0.3) is 0 Å². The number of rotatable bonds is 3. The summed E-state index contributed by atoms with van der Waals surface area (Å²) < 4.78 is 10.4. The minimum absolute atomic E-state index is 0.409. The van der Waals surface area contributed by atoms with E-state index in [0.29, 0.717) is 0 Å². The van der Waals surface area contributed by atoms with Gasteiger partial charge >= 0.3 is 0 Å². The Morgan fingerprint density at radius 3 is 1.77 bits per heavy atom. The lowest BCUT2D eigenvalue weighted by molar-refractivity contribution is -0.269. The summed E-state index contributed by atoms with van der Waals surface area (Å²) in [5.41, 5.74) is 0. The summed E-state index contributed by atoms with van der Waals surface area (Å²) in [6, 6.07) is 0. The molecule has 10 nitrogen and oxygen atoms in total. The molecule has 2 aliphatic rings. The molecule has 2 saturated heterocycles. The predicted octanol–water partition coefficient (Wildman–Crippen LogP) is -5.17. The summed E-state index contributed by atoms with van der Waals surface area (Å²) in [6.45, 7) is -1.34.